The lowest BCUT2D eigenvalue weighted by Gasteiger charge is -2.26. The van der Waals surface area contributed by atoms with E-state index in [0.717, 1.165) is 27.6 Å². The van der Waals surface area contributed by atoms with Crippen molar-refractivity contribution in [3.8, 4) is 0 Å². The maximum Gasteiger partial charge on any atom is 0.270 e. The zero-order chi connectivity index (χ0) is 14.5. The van der Waals surface area contributed by atoms with Crippen molar-refractivity contribution in [1.82, 2.24) is 0 Å². The molecule has 1 aromatic carbocycles. The molecule has 0 aliphatic heterocycles. The average molecular weight is 388 g/mol. The molecule has 0 radical (unpaired) electrons. The smallest absolute Gasteiger partial charge is 0.270 e. The number of hydrogen-bond acceptors (Lipinski definition) is 3. The highest BCUT2D eigenvalue weighted by molar-refractivity contribution is 14.1. The van der Waals surface area contributed by atoms with Gasteiger partial charge in [-0.15, -0.1) is 0 Å². The molecule has 0 atom stereocenters. The van der Waals surface area contributed by atoms with Gasteiger partial charge in [-0.05, 0) is 46.9 Å². The van der Waals surface area contributed by atoms with Crippen LogP contribution in [0.25, 0.3) is 0 Å². The first-order valence-corrected chi connectivity index (χ1v) is 8.32. The van der Waals surface area contributed by atoms with Crippen LogP contribution in [0.15, 0.2) is 18.2 Å². The summed E-state index contributed by atoms with van der Waals surface area (Å²) in [7, 11) is 0. The Bertz CT molecular complexity index is 471. The van der Waals surface area contributed by atoms with E-state index < -0.39 is 0 Å². The SMILES string of the molecule is CC1CCC(CCNc2ccc([N+](=O)[O-])cc2I)CC1. The lowest BCUT2D eigenvalue weighted by molar-refractivity contribution is -0.384. The molecule has 1 aliphatic rings. The van der Waals surface area contributed by atoms with Crippen molar-refractivity contribution in [1.29, 1.82) is 0 Å². The standard InChI is InChI=1S/C15H21IN2O2/c1-11-2-4-12(5-3-11)8-9-17-15-7-6-13(18(19)20)10-14(15)16/h6-7,10-12,17H,2-5,8-9H2,1H3. The van der Waals surface area contributed by atoms with E-state index in [-0.39, 0.29) is 10.6 Å². The number of rotatable bonds is 5. The summed E-state index contributed by atoms with van der Waals surface area (Å²) in [5.74, 6) is 1.74. The van der Waals surface area contributed by atoms with Gasteiger partial charge < -0.3 is 5.32 Å². The molecule has 1 fully saturated rings. The van der Waals surface area contributed by atoms with Gasteiger partial charge in [0.05, 0.1) is 4.92 Å². The molecule has 110 valence electrons. The number of hydrogen-bond donors (Lipinski definition) is 1. The minimum Gasteiger partial charge on any atom is -0.384 e. The Morgan fingerprint density at radius 3 is 2.65 bits per heavy atom. The molecule has 0 bridgehead atoms. The van der Waals surface area contributed by atoms with Crippen LogP contribution in [0.1, 0.15) is 39.0 Å². The van der Waals surface area contributed by atoms with E-state index in [4.69, 9.17) is 0 Å². The summed E-state index contributed by atoms with van der Waals surface area (Å²) >= 11 is 2.15. The Labute approximate surface area is 133 Å². The fourth-order valence-electron chi connectivity index (χ4n) is 2.79. The maximum atomic E-state index is 10.7. The minimum absolute atomic E-state index is 0.154. The second kappa shape index (κ2) is 7.24. The van der Waals surface area contributed by atoms with E-state index in [1.165, 1.54) is 32.1 Å². The van der Waals surface area contributed by atoms with Gasteiger partial charge in [0.15, 0.2) is 0 Å². The van der Waals surface area contributed by atoms with Crippen LogP contribution in [0.4, 0.5) is 11.4 Å². The van der Waals surface area contributed by atoms with Gasteiger partial charge >= 0.3 is 0 Å². The summed E-state index contributed by atoms with van der Waals surface area (Å²) in [5.41, 5.74) is 1.15. The first kappa shape index (κ1) is 15.5. The highest BCUT2D eigenvalue weighted by Crippen LogP contribution is 2.30. The number of nitro benzene ring substituents is 1. The molecule has 2 rings (SSSR count). The zero-order valence-electron chi connectivity index (χ0n) is 11.8. The Kier molecular flexibility index (Phi) is 5.63. The third-order valence-electron chi connectivity index (χ3n) is 4.17. The van der Waals surface area contributed by atoms with Crippen molar-refractivity contribution in [3.05, 3.63) is 31.9 Å². The molecule has 1 aromatic rings. The molecule has 20 heavy (non-hydrogen) atoms. The molecule has 0 saturated heterocycles. The fourth-order valence-corrected chi connectivity index (χ4v) is 3.48. The molecule has 0 amide bonds. The molecular weight excluding hydrogens is 367 g/mol. The van der Waals surface area contributed by atoms with Crippen molar-refractivity contribution >= 4 is 34.0 Å². The molecule has 1 saturated carbocycles. The largest absolute Gasteiger partial charge is 0.384 e. The van der Waals surface area contributed by atoms with Crippen molar-refractivity contribution in [2.45, 2.75) is 39.0 Å². The maximum absolute atomic E-state index is 10.7. The molecule has 0 spiro atoms. The third-order valence-corrected chi connectivity index (χ3v) is 5.06. The predicted molar refractivity (Wildman–Crippen MR) is 90.0 cm³/mol. The summed E-state index contributed by atoms with van der Waals surface area (Å²) in [6.07, 6.45) is 6.61. The highest BCUT2D eigenvalue weighted by atomic mass is 127. The third kappa shape index (κ3) is 4.33. The van der Waals surface area contributed by atoms with Gasteiger partial charge in [-0.3, -0.25) is 10.1 Å². The number of nitrogens with one attached hydrogen (secondary N) is 1. The number of halogens is 1. The number of nitrogens with zero attached hydrogens (tertiary/aromatic N) is 1. The summed E-state index contributed by atoms with van der Waals surface area (Å²) < 4.78 is 0.911. The number of nitro groups is 1. The van der Waals surface area contributed by atoms with Gasteiger partial charge in [0.1, 0.15) is 0 Å². The van der Waals surface area contributed by atoms with E-state index in [1.807, 2.05) is 6.07 Å². The van der Waals surface area contributed by atoms with E-state index in [0.29, 0.717) is 0 Å². The molecular formula is C15H21IN2O2. The minimum atomic E-state index is -0.352. The van der Waals surface area contributed by atoms with E-state index >= 15 is 0 Å². The van der Waals surface area contributed by atoms with Crippen LogP contribution in [0.3, 0.4) is 0 Å². The van der Waals surface area contributed by atoms with Crippen LogP contribution < -0.4 is 5.32 Å². The Hall–Kier alpha value is -0.850. The van der Waals surface area contributed by atoms with E-state index in [9.17, 15) is 10.1 Å². The number of benzene rings is 1. The molecule has 0 aromatic heterocycles. The first-order valence-electron chi connectivity index (χ1n) is 7.24. The van der Waals surface area contributed by atoms with Gasteiger partial charge in [0.25, 0.3) is 5.69 Å². The van der Waals surface area contributed by atoms with Crippen LogP contribution in [0, 0.1) is 25.5 Å². The lowest BCUT2D eigenvalue weighted by Crippen LogP contribution is -2.16. The molecule has 1 N–H and O–H groups in total. The van der Waals surface area contributed by atoms with Crippen LogP contribution in [0.2, 0.25) is 0 Å². The Morgan fingerprint density at radius 2 is 2.05 bits per heavy atom. The van der Waals surface area contributed by atoms with Gasteiger partial charge in [0.2, 0.25) is 0 Å². The summed E-state index contributed by atoms with van der Waals surface area (Å²) in [6.45, 7) is 3.29. The van der Waals surface area contributed by atoms with Crippen LogP contribution in [-0.2, 0) is 0 Å². The zero-order valence-corrected chi connectivity index (χ0v) is 13.9. The summed E-state index contributed by atoms with van der Waals surface area (Å²) in [4.78, 5) is 10.3. The van der Waals surface area contributed by atoms with Gasteiger partial charge in [0, 0.05) is 27.9 Å². The second-order valence-corrected chi connectivity index (χ2v) is 6.92. The summed E-state index contributed by atoms with van der Waals surface area (Å²) in [6, 6.07) is 4.99. The number of non-ortho nitro benzene ring substituents is 1. The van der Waals surface area contributed by atoms with Crippen molar-refractivity contribution in [3.63, 3.8) is 0 Å². The molecule has 0 heterocycles. The average Bonchev–Trinajstić information content (AvgIpc) is 2.42. The van der Waals surface area contributed by atoms with Crippen molar-refractivity contribution in [2.75, 3.05) is 11.9 Å². The molecule has 1 aliphatic carbocycles. The van der Waals surface area contributed by atoms with Crippen LogP contribution in [-0.4, -0.2) is 11.5 Å². The Morgan fingerprint density at radius 1 is 1.35 bits per heavy atom. The van der Waals surface area contributed by atoms with Gasteiger partial charge in [-0.25, -0.2) is 0 Å². The fraction of sp³-hybridized carbons (Fsp3) is 0.600. The van der Waals surface area contributed by atoms with Crippen molar-refractivity contribution < 1.29 is 4.92 Å². The molecule has 0 unspecified atom stereocenters. The quantitative estimate of drug-likeness (QED) is 0.447. The first-order chi connectivity index (χ1) is 9.56. The van der Waals surface area contributed by atoms with Gasteiger partial charge in [-0.2, -0.15) is 0 Å². The van der Waals surface area contributed by atoms with Crippen LogP contribution in [0.5, 0.6) is 0 Å². The monoisotopic (exact) mass is 388 g/mol. The summed E-state index contributed by atoms with van der Waals surface area (Å²) in [5, 5.41) is 14.1. The van der Waals surface area contributed by atoms with Gasteiger partial charge in [-0.1, -0.05) is 32.6 Å². The topological polar surface area (TPSA) is 55.2 Å². The normalized spacial score (nSPS) is 22.5. The molecule has 4 nitrogen and oxygen atoms in total. The Balaban J connectivity index is 1.81. The van der Waals surface area contributed by atoms with E-state index in [1.54, 1.807) is 12.1 Å². The lowest BCUT2D eigenvalue weighted by atomic mass is 9.81. The number of anilines is 1. The van der Waals surface area contributed by atoms with Crippen molar-refractivity contribution in [2.24, 2.45) is 11.8 Å². The highest BCUT2D eigenvalue weighted by Gasteiger charge is 2.17. The van der Waals surface area contributed by atoms with E-state index in [2.05, 4.69) is 34.8 Å². The predicted octanol–water partition coefficient (Wildman–Crippen LogP) is 4.83. The van der Waals surface area contributed by atoms with Crippen LogP contribution >= 0.6 is 22.6 Å². The second-order valence-electron chi connectivity index (χ2n) is 5.76. The molecule has 5 heteroatoms.